The van der Waals surface area contributed by atoms with E-state index < -0.39 is 6.10 Å². The smallest absolute Gasteiger partial charge is 0.237 e. The lowest BCUT2D eigenvalue weighted by molar-refractivity contribution is -0.127. The number of rotatable bonds is 6. The largest absolute Gasteiger partial charge is 0.387 e. The van der Waals surface area contributed by atoms with E-state index in [1.807, 2.05) is 37.3 Å². The van der Waals surface area contributed by atoms with Crippen molar-refractivity contribution < 1.29 is 9.90 Å². The average Bonchev–Trinajstić information content (AvgIpc) is 3.15. The zero-order valence-corrected chi connectivity index (χ0v) is 15.2. The summed E-state index contributed by atoms with van der Waals surface area (Å²) in [5.41, 5.74) is 0.967. The van der Waals surface area contributed by atoms with Gasteiger partial charge in [0, 0.05) is 38.8 Å². The van der Waals surface area contributed by atoms with Crippen LogP contribution in [0, 0.1) is 0 Å². The number of hydrogen-bond donors (Lipinski definition) is 2. The molecule has 5 nitrogen and oxygen atoms in total. The molecule has 1 amide bonds. The van der Waals surface area contributed by atoms with Gasteiger partial charge in [-0.25, -0.2) is 0 Å². The summed E-state index contributed by atoms with van der Waals surface area (Å²) in [7, 11) is 0. The van der Waals surface area contributed by atoms with Crippen LogP contribution < -0.4 is 5.32 Å². The van der Waals surface area contributed by atoms with Crippen molar-refractivity contribution in [1.29, 1.82) is 0 Å². The number of aliphatic hydroxyl groups excluding tert-OH is 1. The van der Waals surface area contributed by atoms with Crippen LogP contribution in [-0.2, 0) is 4.79 Å². The van der Waals surface area contributed by atoms with Crippen molar-refractivity contribution in [2.45, 2.75) is 50.8 Å². The fraction of sp³-hybridized carbons (Fsp3) is 0.650. The summed E-state index contributed by atoms with van der Waals surface area (Å²) in [5.74, 6) is 0.171. The highest BCUT2D eigenvalue weighted by molar-refractivity contribution is 5.81. The lowest BCUT2D eigenvalue weighted by Gasteiger charge is -2.38. The SMILES string of the molecule is C[C@@H](C(=O)NC1CCCC1)N1CCN(C[C@@H](O)c2ccccc2)CC1. The predicted molar refractivity (Wildman–Crippen MR) is 99.3 cm³/mol. The van der Waals surface area contributed by atoms with Gasteiger partial charge in [0.1, 0.15) is 0 Å². The molecule has 25 heavy (non-hydrogen) atoms. The van der Waals surface area contributed by atoms with Gasteiger partial charge in [0.15, 0.2) is 0 Å². The van der Waals surface area contributed by atoms with Crippen molar-refractivity contribution in [3.8, 4) is 0 Å². The summed E-state index contributed by atoms with van der Waals surface area (Å²) in [6, 6.07) is 10.1. The molecule has 0 spiro atoms. The third-order valence-electron chi connectivity index (χ3n) is 5.65. The summed E-state index contributed by atoms with van der Waals surface area (Å²) < 4.78 is 0. The second-order valence-electron chi connectivity index (χ2n) is 7.43. The summed E-state index contributed by atoms with van der Waals surface area (Å²) in [6.07, 6.45) is 4.28. The standard InChI is InChI=1S/C20H31N3O2/c1-16(20(25)21-18-9-5-6-10-18)23-13-11-22(12-14-23)15-19(24)17-7-3-2-4-8-17/h2-4,7-8,16,18-19,24H,5-6,9-15H2,1H3,(H,21,25)/t16-,19+/m0/s1. The molecule has 1 heterocycles. The summed E-state index contributed by atoms with van der Waals surface area (Å²) >= 11 is 0. The molecule has 1 aromatic carbocycles. The molecular weight excluding hydrogens is 314 g/mol. The Labute approximate surface area is 151 Å². The number of carbonyl (C=O) groups is 1. The van der Waals surface area contributed by atoms with Crippen LogP contribution in [0.4, 0.5) is 0 Å². The van der Waals surface area contributed by atoms with Crippen molar-refractivity contribution in [3.63, 3.8) is 0 Å². The highest BCUT2D eigenvalue weighted by atomic mass is 16.3. The number of carbonyl (C=O) groups excluding carboxylic acids is 1. The zero-order valence-electron chi connectivity index (χ0n) is 15.2. The van der Waals surface area contributed by atoms with Crippen molar-refractivity contribution in [3.05, 3.63) is 35.9 Å². The van der Waals surface area contributed by atoms with Gasteiger partial charge in [-0.15, -0.1) is 0 Å². The van der Waals surface area contributed by atoms with Crippen LogP contribution in [0.5, 0.6) is 0 Å². The van der Waals surface area contributed by atoms with E-state index >= 15 is 0 Å². The monoisotopic (exact) mass is 345 g/mol. The van der Waals surface area contributed by atoms with Gasteiger partial charge in [0.25, 0.3) is 0 Å². The van der Waals surface area contributed by atoms with Gasteiger partial charge in [-0.2, -0.15) is 0 Å². The highest BCUT2D eigenvalue weighted by Gasteiger charge is 2.28. The van der Waals surface area contributed by atoms with E-state index in [0.29, 0.717) is 12.6 Å². The van der Waals surface area contributed by atoms with E-state index in [2.05, 4.69) is 15.1 Å². The van der Waals surface area contributed by atoms with Gasteiger partial charge in [0.2, 0.25) is 5.91 Å². The number of nitrogens with zero attached hydrogens (tertiary/aromatic N) is 2. The van der Waals surface area contributed by atoms with Gasteiger partial charge >= 0.3 is 0 Å². The second kappa shape index (κ2) is 8.79. The van der Waals surface area contributed by atoms with Crippen molar-refractivity contribution in [2.75, 3.05) is 32.7 Å². The van der Waals surface area contributed by atoms with Crippen LogP contribution in [0.1, 0.15) is 44.3 Å². The molecule has 2 N–H and O–H groups in total. The Morgan fingerprint density at radius 1 is 1.16 bits per heavy atom. The normalized spacial score (nSPS) is 22.6. The minimum atomic E-state index is -0.448. The molecule has 0 radical (unpaired) electrons. The molecule has 0 bridgehead atoms. The fourth-order valence-electron chi connectivity index (χ4n) is 3.92. The first kappa shape index (κ1) is 18.4. The number of nitrogens with one attached hydrogen (secondary N) is 1. The Kier molecular flexibility index (Phi) is 6.45. The summed E-state index contributed by atoms with van der Waals surface area (Å²) in [6.45, 7) is 6.21. The quantitative estimate of drug-likeness (QED) is 0.825. The Morgan fingerprint density at radius 3 is 2.44 bits per heavy atom. The molecular formula is C20H31N3O2. The number of benzene rings is 1. The second-order valence-corrected chi connectivity index (χ2v) is 7.43. The van der Waals surface area contributed by atoms with Gasteiger partial charge in [-0.3, -0.25) is 14.6 Å². The predicted octanol–water partition coefficient (Wildman–Crippen LogP) is 1.78. The molecule has 0 aromatic heterocycles. The maximum Gasteiger partial charge on any atom is 0.237 e. The van der Waals surface area contributed by atoms with Crippen LogP contribution in [0.3, 0.4) is 0 Å². The van der Waals surface area contributed by atoms with E-state index in [-0.39, 0.29) is 11.9 Å². The first-order chi connectivity index (χ1) is 12.1. The third kappa shape index (κ3) is 5.03. The highest BCUT2D eigenvalue weighted by Crippen LogP contribution is 2.19. The van der Waals surface area contributed by atoms with E-state index in [4.69, 9.17) is 0 Å². The van der Waals surface area contributed by atoms with Crippen LogP contribution >= 0.6 is 0 Å². The lowest BCUT2D eigenvalue weighted by Crippen LogP contribution is -2.55. The Morgan fingerprint density at radius 2 is 1.80 bits per heavy atom. The van der Waals surface area contributed by atoms with Crippen molar-refractivity contribution in [2.24, 2.45) is 0 Å². The van der Waals surface area contributed by atoms with Crippen molar-refractivity contribution >= 4 is 5.91 Å². The van der Waals surface area contributed by atoms with Crippen LogP contribution in [0.15, 0.2) is 30.3 Å². The molecule has 1 saturated carbocycles. The Balaban J connectivity index is 1.42. The fourth-order valence-corrected chi connectivity index (χ4v) is 3.92. The van der Waals surface area contributed by atoms with E-state index in [9.17, 15) is 9.90 Å². The first-order valence-electron chi connectivity index (χ1n) is 9.63. The molecule has 3 rings (SSSR count). The van der Waals surface area contributed by atoms with E-state index in [0.717, 1.165) is 44.6 Å². The first-order valence-corrected chi connectivity index (χ1v) is 9.63. The van der Waals surface area contributed by atoms with Crippen LogP contribution in [0.25, 0.3) is 0 Å². The molecule has 2 aliphatic rings. The third-order valence-corrected chi connectivity index (χ3v) is 5.65. The van der Waals surface area contributed by atoms with Crippen molar-refractivity contribution in [1.82, 2.24) is 15.1 Å². The van der Waals surface area contributed by atoms with Crippen LogP contribution in [-0.4, -0.2) is 65.6 Å². The maximum atomic E-state index is 12.4. The lowest BCUT2D eigenvalue weighted by atomic mass is 10.1. The number of hydrogen-bond acceptors (Lipinski definition) is 4. The molecule has 5 heteroatoms. The number of piperazine rings is 1. The minimum absolute atomic E-state index is 0.0678. The molecule has 2 atom stereocenters. The summed E-state index contributed by atoms with van der Waals surface area (Å²) in [5, 5.41) is 13.6. The summed E-state index contributed by atoms with van der Waals surface area (Å²) in [4.78, 5) is 17.0. The van der Waals surface area contributed by atoms with Gasteiger partial charge < -0.3 is 10.4 Å². The molecule has 2 fully saturated rings. The average molecular weight is 345 g/mol. The Hall–Kier alpha value is -1.43. The molecule has 1 saturated heterocycles. The maximum absolute atomic E-state index is 12.4. The van der Waals surface area contributed by atoms with Gasteiger partial charge in [0.05, 0.1) is 12.1 Å². The molecule has 1 aromatic rings. The Bertz CT molecular complexity index is 537. The molecule has 1 aliphatic heterocycles. The number of amides is 1. The van der Waals surface area contributed by atoms with Crippen LogP contribution in [0.2, 0.25) is 0 Å². The zero-order chi connectivity index (χ0) is 17.6. The van der Waals surface area contributed by atoms with Gasteiger partial charge in [-0.05, 0) is 25.3 Å². The molecule has 138 valence electrons. The number of β-amino-alcohol motifs (C(OH)–C–C–N with tert-alkyl or cyclic N) is 1. The molecule has 1 aliphatic carbocycles. The number of aliphatic hydroxyl groups is 1. The van der Waals surface area contributed by atoms with E-state index in [1.165, 1.54) is 12.8 Å². The topological polar surface area (TPSA) is 55.8 Å². The minimum Gasteiger partial charge on any atom is -0.387 e. The molecule has 0 unspecified atom stereocenters. The van der Waals surface area contributed by atoms with E-state index in [1.54, 1.807) is 0 Å². The van der Waals surface area contributed by atoms with Gasteiger partial charge in [-0.1, -0.05) is 43.2 Å².